The van der Waals surface area contributed by atoms with Crippen LogP contribution in [-0.2, 0) is 17.8 Å². The fourth-order valence-electron chi connectivity index (χ4n) is 3.45. The van der Waals surface area contributed by atoms with Crippen molar-refractivity contribution in [3.63, 3.8) is 0 Å². The van der Waals surface area contributed by atoms with Gasteiger partial charge in [0, 0.05) is 22.3 Å². The number of benzene rings is 3. The maximum absolute atomic E-state index is 12.6. The van der Waals surface area contributed by atoms with Crippen LogP contribution in [0.4, 0.5) is 11.4 Å². The minimum absolute atomic E-state index is 0.110. The normalized spacial score (nSPS) is 13.2. The van der Waals surface area contributed by atoms with Crippen LogP contribution in [-0.4, -0.2) is 11.8 Å². The highest BCUT2D eigenvalue weighted by Crippen LogP contribution is 2.32. The lowest BCUT2D eigenvalue weighted by molar-refractivity contribution is -0.119. The molecule has 146 valence electrons. The number of nitrogens with one attached hydrogen (secondary N) is 1. The average molecular weight is 470 g/mol. The van der Waals surface area contributed by atoms with Gasteiger partial charge in [-0.05, 0) is 53.9 Å². The summed E-state index contributed by atoms with van der Waals surface area (Å²) >= 11 is 9.52. The summed E-state index contributed by atoms with van der Waals surface area (Å²) < 4.78 is 0.785. The van der Waals surface area contributed by atoms with Gasteiger partial charge in [0.05, 0.1) is 17.1 Å². The van der Waals surface area contributed by atoms with E-state index < -0.39 is 0 Å². The minimum Gasteiger partial charge on any atom is -0.322 e. The molecule has 1 aliphatic heterocycles. The third kappa shape index (κ3) is 4.36. The molecule has 0 unspecified atom stereocenters. The van der Waals surface area contributed by atoms with E-state index in [2.05, 4.69) is 21.2 Å². The van der Waals surface area contributed by atoms with Gasteiger partial charge in [-0.15, -0.1) is 0 Å². The van der Waals surface area contributed by atoms with Crippen molar-refractivity contribution in [2.45, 2.75) is 19.4 Å². The Morgan fingerprint density at radius 3 is 2.62 bits per heavy atom. The molecule has 0 spiro atoms. The first kappa shape index (κ1) is 19.7. The number of rotatable bonds is 4. The number of aryl methyl sites for hydroxylation is 1. The van der Waals surface area contributed by atoms with Gasteiger partial charge in [0.1, 0.15) is 0 Å². The number of halogens is 2. The number of hydrogen-bond donors (Lipinski definition) is 1. The number of nitrogens with zero attached hydrogens (tertiary/aromatic N) is 1. The Hall–Kier alpha value is -2.63. The van der Waals surface area contributed by atoms with Gasteiger partial charge in [-0.3, -0.25) is 9.59 Å². The Balaban J connectivity index is 1.57. The van der Waals surface area contributed by atoms with Crippen molar-refractivity contribution >= 4 is 50.7 Å². The van der Waals surface area contributed by atoms with E-state index in [9.17, 15) is 9.59 Å². The van der Waals surface area contributed by atoms with E-state index in [4.69, 9.17) is 11.6 Å². The summed E-state index contributed by atoms with van der Waals surface area (Å²) in [7, 11) is 0. The summed E-state index contributed by atoms with van der Waals surface area (Å²) in [5.74, 6) is -0.164. The van der Waals surface area contributed by atoms with Crippen molar-refractivity contribution < 1.29 is 9.59 Å². The molecule has 0 radical (unpaired) electrons. The van der Waals surface area contributed by atoms with Crippen LogP contribution < -0.4 is 10.2 Å². The lowest BCUT2D eigenvalue weighted by atomic mass is 9.99. The molecular formula is C23H18BrClN2O2. The summed E-state index contributed by atoms with van der Waals surface area (Å²) in [6.07, 6.45) is 1.11. The van der Waals surface area contributed by atoms with Gasteiger partial charge in [0.25, 0.3) is 5.91 Å². The number of amides is 2. The van der Waals surface area contributed by atoms with E-state index in [0.29, 0.717) is 35.7 Å². The van der Waals surface area contributed by atoms with Crippen molar-refractivity contribution in [2.24, 2.45) is 0 Å². The van der Waals surface area contributed by atoms with Crippen molar-refractivity contribution in [3.8, 4) is 0 Å². The summed E-state index contributed by atoms with van der Waals surface area (Å²) in [5.41, 5.74) is 4.09. The Bertz CT molecular complexity index is 1090. The summed E-state index contributed by atoms with van der Waals surface area (Å²) in [6, 6.07) is 20.7. The maximum atomic E-state index is 12.6. The number of carbonyl (C=O) groups is 2. The predicted molar refractivity (Wildman–Crippen MR) is 120 cm³/mol. The van der Waals surface area contributed by atoms with Crippen LogP contribution in [0.25, 0.3) is 0 Å². The topological polar surface area (TPSA) is 49.4 Å². The van der Waals surface area contributed by atoms with Crippen molar-refractivity contribution in [1.82, 2.24) is 0 Å². The van der Waals surface area contributed by atoms with Crippen LogP contribution in [0.5, 0.6) is 0 Å². The Morgan fingerprint density at radius 1 is 1.03 bits per heavy atom. The fourth-order valence-corrected chi connectivity index (χ4v) is 4.01. The van der Waals surface area contributed by atoms with Crippen LogP contribution in [0.15, 0.2) is 71.2 Å². The SMILES string of the molecule is O=C(Nc1ccc2c(c1)CCC(=O)N2Cc1ccccc1)c1cc(Br)ccc1Cl. The highest BCUT2D eigenvalue weighted by molar-refractivity contribution is 9.10. The summed E-state index contributed by atoms with van der Waals surface area (Å²) in [5, 5.41) is 3.30. The monoisotopic (exact) mass is 468 g/mol. The molecule has 4 rings (SSSR count). The maximum Gasteiger partial charge on any atom is 0.257 e. The number of carbonyl (C=O) groups excluding carboxylic acids is 2. The second-order valence-electron chi connectivity index (χ2n) is 6.89. The van der Waals surface area contributed by atoms with E-state index >= 15 is 0 Å². The lowest BCUT2D eigenvalue weighted by Crippen LogP contribution is -2.34. The quantitative estimate of drug-likeness (QED) is 0.522. The molecule has 0 atom stereocenters. The van der Waals surface area contributed by atoms with E-state index in [1.165, 1.54) is 0 Å². The largest absolute Gasteiger partial charge is 0.322 e. The van der Waals surface area contributed by atoms with Crippen LogP contribution in [0.2, 0.25) is 5.02 Å². The van der Waals surface area contributed by atoms with Gasteiger partial charge in [-0.2, -0.15) is 0 Å². The Kier molecular flexibility index (Phi) is 5.69. The van der Waals surface area contributed by atoms with Crippen LogP contribution >= 0.6 is 27.5 Å². The third-order valence-corrected chi connectivity index (χ3v) is 5.72. The Labute approximate surface area is 182 Å². The molecule has 1 heterocycles. The van der Waals surface area contributed by atoms with Gasteiger partial charge in [-0.25, -0.2) is 0 Å². The highest BCUT2D eigenvalue weighted by atomic mass is 79.9. The fraction of sp³-hybridized carbons (Fsp3) is 0.130. The zero-order chi connectivity index (χ0) is 20.4. The molecule has 0 aromatic heterocycles. The van der Waals surface area contributed by atoms with Crippen LogP contribution in [0, 0.1) is 0 Å². The second kappa shape index (κ2) is 8.39. The second-order valence-corrected chi connectivity index (χ2v) is 8.21. The zero-order valence-corrected chi connectivity index (χ0v) is 17.8. The van der Waals surface area contributed by atoms with Gasteiger partial charge in [0.15, 0.2) is 0 Å². The van der Waals surface area contributed by atoms with E-state index in [1.54, 1.807) is 18.2 Å². The molecular weight excluding hydrogens is 452 g/mol. The molecule has 2 amide bonds. The molecule has 3 aromatic rings. The molecule has 0 saturated carbocycles. The molecule has 4 nitrogen and oxygen atoms in total. The van der Waals surface area contributed by atoms with Gasteiger partial charge in [-0.1, -0.05) is 57.9 Å². The van der Waals surface area contributed by atoms with Crippen LogP contribution in [0.1, 0.15) is 27.9 Å². The number of fused-ring (bicyclic) bond motifs is 1. The molecule has 0 bridgehead atoms. The smallest absolute Gasteiger partial charge is 0.257 e. The Morgan fingerprint density at radius 2 is 1.83 bits per heavy atom. The van der Waals surface area contributed by atoms with E-state index in [0.717, 1.165) is 21.3 Å². The van der Waals surface area contributed by atoms with E-state index in [-0.39, 0.29) is 11.8 Å². The van der Waals surface area contributed by atoms with E-state index in [1.807, 2.05) is 53.4 Å². The first-order valence-electron chi connectivity index (χ1n) is 9.25. The molecule has 1 N–H and O–H groups in total. The molecule has 0 saturated heterocycles. The molecule has 3 aromatic carbocycles. The van der Waals surface area contributed by atoms with Crippen LogP contribution in [0.3, 0.4) is 0 Å². The zero-order valence-electron chi connectivity index (χ0n) is 15.5. The van der Waals surface area contributed by atoms with Crippen molar-refractivity contribution in [2.75, 3.05) is 10.2 Å². The number of hydrogen-bond acceptors (Lipinski definition) is 2. The average Bonchev–Trinajstić information content (AvgIpc) is 2.72. The van der Waals surface area contributed by atoms with Gasteiger partial charge >= 0.3 is 0 Å². The van der Waals surface area contributed by atoms with Crippen molar-refractivity contribution in [3.05, 3.63) is 92.9 Å². The molecule has 1 aliphatic rings. The van der Waals surface area contributed by atoms with Gasteiger partial charge in [0.2, 0.25) is 5.91 Å². The molecule has 29 heavy (non-hydrogen) atoms. The standard InChI is InChI=1S/C23H18BrClN2O2/c24-17-7-9-20(25)19(13-17)23(29)26-18-8-10-21-16(12-18)6-11-22(28)27(21)14-15-4-2-1-3-5-15/h1-5,7-10,12-13H,6,11,14H2,(H,26,29). The summed E-state index contributed by atoms with van der Waals surface area (Å²) in [4.78, 5) is 27.0. The molecule has 0 aliphatic carbocycles. The third-order valence-electron chi connectivity index (χ3n) is 4.89. The molecule has 0 fully saturated rings. The first-order chi connectivity index (χ1) is 14.0. The predicted octanol–water partition coefficient (Wildman–Crippen LogP) is 5.83. The lowest BCUT2D eigenvalue weighted by Gasteiger charge is -2.30. The van der Waals surface area contributed by atoms with Crippen molar-refractivity contribution in [1.29, 1.82) is 0 Å². The molecule has 6 heteroatoms. The minimum atomic E-state index is -0.274. The van der Waals surface area contributed by atoms with Gasteiger partial charge < -0.3 is 10.2 Å². The number of anilines is 2. The first-order valence-corrected chi connectivity index (χ1v) is 10.4. The summed E-state index contributed by atoms with van der Waals surface area (Å²) in [6.45, 7) is 0.534. The highest BCUT2D eigenvalue weighted by Gasteiger charge is 2.24.